The third-order valence-electron chi connectivity index (χ3n) is 4.57. The molecule has 31 heavy (non-hydrogen) atoms. The molecule has 2 N–H and O–H groups in total. The average molecular weight is 445 g/mol. The lowest BCUT2D eigenvalue weighted by Crippen LogP contribution is -2.25. The van der Waals surface area contributed by atoms with E-state index in [4.69, 9.17) is 4.74 Å². The predicted octanol–water partition coefficient (Wildman–Crippen LogP) is 4.44. The highest BCUT2D eigenvalue weighted by molar-refractivity contribution is 7.18. The zero-order valence-corrected chi connectivity index (χ0v) is 19.3. The number of Topliss-reactive ketones (excluding diaryl/α,β-unsaturated/α-hetero) is 1. The number of nitrogens with zero attached hydrogens (tertiary/aromatic N) is 2. The molecule has 0 fully saturated rings. The highest BCUT2D eigenvalue weighted by atomic mass is 32.1. The molecule has 0 radical (unpaired) electrons. The minimum Gasteiger partial charge on any atom is -0.462 e. The summed E-state index contributed by atoms with van der Waals surface area (Å²) < 4.78 is 5.06. The van der Waals surface area contributed by atoms with Crippen LogP contribution in [0.25, 0.3) is 0 Å². The van der Waals surface area contributed by atoms with E-state index in [1.165, 1.54) is 13.1 Å². The van der Waals surface area contributed by atoms with Crippen molar-refractivity contribution in [2.24, 2.45) is 5.10 Å². The first-order valence-electron chi connectivity index (χ1n) is 10.1. The zero-order valence-electron chi connectivity index (χ0n) is 18.4. The number of thiophene rings is 1. The van der Waals surface area contributed by atoms with E-state index >= 15 is 0 Å². The molecule has 0 bridgehead atoms. The lowest BCUT2D eigenvalue weighted by molar-refractivity contribution is 0.0527. The molecule has 1 aromatic carbocycles. The third-order valence-corrected chi connectivity index (χ3v) is 5.88. The average Bonchev–Trinajstić information content (AvgIpc) is 3.06. The van der Waals surface area contributed by atoms with Crippen LogP contribution in [0, 0.1) is 6.92 Å². The topological polar surface area (TPSA) is 100 Å². The van der Waals surface area contributed by atoms with Gasteiger partial charge in [0, 0.05) is 18.8 Å². The van der Waals surface area contributed by atoms with E-state index in [1.807, 2.05) is 24.3 Å². The number of esters is 1. The molecule has 1 aromatic heterocycles. The van der Waals surface area contributed by atoms with Gasteiger partial charge >= 0.3 is 12.0 Å². The van der Waals surface area contributed by atoms with Crippen LogP contribution >= 0.6 is 11.3 Å². The van der Waals surface area contributed by atoms with Gasteiger partial charge in [-0.2, -0.15) is 5.10 Å². The second-order valence-corrected chi connectivity index (χ2v) is 7.65. The van der Waals surface area contributed by atoms with Gasteiger partial charge in [-0.3, -0.25) is 10.1 Å². The molecule has 166 valence electrons. The van der Waals surface area contributed by atoms with Gasteiger partial charge in [-0.25, -0.2) is 15.0 Å². The normalized spacial score (nSPS) is 10.7. The van der Waals surface area contributed by atoms with Gasteiger partial charge in [-0.15, -0.1) is 11.3 Å². The van der Waals surface area contributed by atoms with Crippen molar-refractivity contribution >= 4 is 46.0 Å². The number of ketones is 1. The molecule has 0 aliphatic carbocycles. The number of hydrazone groups is 1. The minimum atomic E-state index is -0.627. The summed E-state index contributed by atoms with van der Waals surface area (Å²) in [5, 5.41) is 6.78. The first-order valence-corrected chi connectivity index (χ1v) is 10.9. The maximum absolute atomic E-state index is 12.3. The largest absolute Gasteiger partial charge is 0.462 e. The zero-order chi connectivity index (χ0) is 23.0. The molecule has 0 unspecified atom stereocenters. The van der Waals surface area contributed by atoms with Crippen molar-refractivity contribution in [2.45, 2.75) is 34.6 Å². The van der Waals surface area contributed by atoms with Crippen molar-refractivity contribution < 1.29 is 19.1 Å². The lowest BCUT2D eigenvalue weighted by atomic mass is 10.1. The van der Waals surface area contributed by atoms with Crippen molar-refractivity contribution in [2.75, 3.05) is 29.9 Å². The van der Waals surface area contributed by atoms with Crippen molar-refractivity contribution in [3.63, 3.8) is 0 Å². The Labute approximate surface area is 186 Å². The molecule has 0 saturated heterocycles. The molecule has 2 rings (SSSR count). The summed E-state index contributed by atoms with van der Waals surface area (Å²) >= 11 is 1.04. The molecule has 9 heteroatoms. The van der Waals surface area contributed by atoms with Crippen LogP contribution in [0.1, 0.15) is 58.9 Å². The van der Waals surface area contributed by atoms with Crippen molar-refractivity contribution in [3.05, 3.63) is 45.8 Å². The smallest absolute Gasteiger partial charge is 0.341 e. The number of anilines is 2. The van der Waals surface area contributed by atoms with Crippen molar-refractivity contribution in [1.82, 2.24) is 5.43 Å². The number of urea groups is 1. The molecule has 0 aliphatic rings. The van der Waals surface area contributed by atoms with E-state index in [1.54, 1.807) is 13.8 Å². The molecule has 0 spiro atoms. The fourth-order valence-corrected chi connectivity index (χ4v) is 4.13. The Bertz CT molecular complexity index is 963. The van der Waals surface area contributed by atoms with Crippen molar-refractivity contribution in [3.8, 4) is 0 Å². The number of carbonyl (C=O) groups excluding carboxylic acids is 3. The van der Waals surface area contributed by atoms with Gasteiger partial charge in [0.2, 0.25) is 0 Å². The van der Waals surface area contributed by atoms with Crippen LogP contribution < -0.4 is 15.6 Å². The summed E-state index contributed by atoms with van der Waals surface area (Å²) in [6.07, 6.45) is 1.53. The number of benzene rings is 1. The molecule has 1 heterocycles. The molecular weight excluding hydrogens is 416 g/mol. The summed E-state index contributed by atoms with van der Waals surface area (Å²) in [4.78, 5) is 39.0. The van der Waals surface area contributed by atoms with Crippen LogP contribution in [0.15, 0.2) is 29.4 Å². The van der Waals surface area contributed by atoms with E-state index in [2.05, 4.69) is 34.6 Å². The standard InChI is InChI=1S/C22H28N4O4S/c1-6-26(7-2)17-11-9-16(10-12-17)13-23-25-22(29)24-20-18(21(28)30-8-3)14(4)19(31-20)15(5)27/h9-13H,6-8H2,1-5H3,(H2,24,25,29). The fraction of sp³-hybridized carbons (Fsp3) is 0.364. The Balaban J connectivity index is 2.08. The third kappa shape index (κ3) is 6.14. The predicted molar refractivity (Wildman–Crippen MR) is 125 cm³/mol. The van der Waals surface area contributed by atoms with E-state index in [0.29, 0.717) is 10.4 Å². The lowest BCUT2D eigenvalue weighted by Gasteiger charge is -2.20. The molecule has 0 saturated carbocycles. The van der Waals surface area contributed by atoms with Crippen LogP contribution in [-0.2, 0) is 4.74 Å². The van der Waals surface area contributed by atoms with Gasteiger partial charge in [-0.05, 0) is 57.9 Å². The van der Waals surface area contributed by atoms with Crippen LogP contribution in [0.4, 0.5) is 15.5 Å². The van der Waals surface area contributed by atoms with E-state index in [-0.39, 0.29) is 23.0 Å². The first-order chi connectivity index (χ1) is 14.8. The molecule has 2 amide bonds. The highest BCUT2D eigenvalue weighted by Crippen LogP contribution is 2.34. The molecule has 2 aromatic rings. The number of carbonyl (C=O) groups is 3. The van der Waals surface area contributed by atoms with Gasteiger partial charge in [0.25, 0.3) is 0 Å². The summed E-state index contributed by atoms with van der Waals surface area (Å²) in [6, 6.07) is 7.20. The number of hydrogen-bond acceptors (Lipinski definition) is 7. The number of hydrogen-bond donors (Lipinski definition) is 2. The van der Waals surface area contributed by atoms with E-state index in [0.717, 1.165) is 35.7 Å². The summed E-state index contributed by atoms with van der Waals surface area (Å²) in [5.41, 5.74) is 4.99. The van der Waals surface area contributed by atoms with Gasteiger partial charge in [0.1, 0.15) is 5.00 Å². The van der Waals surface area contributed by atoms with Gasteiger partial charge in [-0.1, -0.05) is 12.1 Å². The van der Waals surface area contributed by atoms with E-state index in [9.17, 15) is 14.4 Å². The number of rotatable bonds is 9. The number of amides is 2. The highest BCUT2D eigenvalue weighted by Gasteiger charge is 2.25. The maximum Gasteiger partial charge on any atom is 0.341 e. The Morgan fingerprint density at radius 1 is 1.13 bits per heavy atom. The van der Waals surface area contributed by atoms with Crippen LogP contribution in [-0.4, -0.2) is 43.7 Å². The van der Waals surface area contributed by atoms with Gasteiger partial charge < -0.3 is 9.64 Å². The van der Waals surface area contributed by atoms with Crippen molar-refractivity contribution in [1.29, 1.82) is 0 Å². The number of nitrogens with one attached hydrogen (secondary N) is 2. The Hall–Kier alpha value is -3.20. The van der Waals surface area contributed by atoms with Crippen LogP contribution in [0.3, 0.4) is 0 Å². The fourth-order valence-electron chi connectivity index (χ4n) is 3.04. The monoisotopic (exact) mass is 444 g/mol. The summed E-state index contributed by atoms with van der Waals surface area (Å²) in [5.74, 6) is -0.775. The number of ether oxygens (including phenoxy) is 1. The molecule has 8 nitrogen and oxygen atoms in total. The Kier molecular flexibility index (Phi) is 8.75. The quantitative estimate of drug-likeness (QED) is 0.258. The summed E-state index contributed by atoms with van der Waals surface area (Å²) in [7, 11) is 0. The molecular formula is C22H28N4O4S. The van der Waals surface area contributed by atoms with Gasteiger partial charge in [0.05, 0.1) is 23.3 Å². The van der Waals surface area contributed by atoms with Crippen LogP contribution in [0.5, 0.6) is 0 Å². The molecule has 0 atom stereocenters. The minimum absolute atomic E-state index is 0.183. The summed E-state index contributed by atoms with van der Waals surface area (Å²) in [6.45, 7) is 11.0. The first kappa shape index (κ1) is 24.1. The second kappa shape index (κ2) is 11.3. The second-order valence-electron chi connectivity index (χ2n) is 6.62. The molecule has 0 aliphatic heterocycles. The van der Waals surface area contributed by atoms with E-state index < -0.39 is 12.0 Å². The van der Waals surface area contributed by atoms with Crippen LogP contribution in [0.2, 0.25) is 0 Å². The Morgan fingerprint density at radius 2 is 1.77 bits per heavy atom. The Morgan fingerprint density at radius 3 is 2.32 bits per heavy atom. The SMILES string of the molecule is CCOC(=O)c1c(NC(=O)NN=Cc2ccc(N(CC)CC)cc2)sc(C(C)=O)c1C. The van der Waals surface area contributed by atoms with Gasteiger partial charge in [0.15, 0.2) is 5.78 Å². The maximum atomic E-state index is 12.3.